The molecule has 3 aliphatic rings. The summed E-state index contributed by atoms with van der Waals surface area (Å²) in [6.07, 6.45) is -3.53. The zero-order valence-corrected chi connectivity index (χ0v) is 16.9. The Hall–Kier alpha value is -2.10. The van der Waals surface area contributed by atoms with E-state index >= 15 is 0 Å². The molecule has 1 aliphatic carbocycles. The summed E-state index contributed by atoms with van der Waals surface area (Å²) in [5, 5.41) is 0.630. The number of nitrogens with zero attached hydrogens (tertiary/aromatic N) is 3. The number of halogens is 3. The van der Waals surface area contributed by atoms with Crippen molar-refractivity contribution in [2.75, 3.05) is 31.6 Å². The van der Waals surface area contributed by atoms with Crippen LogP contribution in [-0.4, -0.2) is 60.4 Å². The Morgan fingerprint density at radius 3 is 2.59 bits per heavy atom. The maximum absolute atomic E-state index is 12.9. The molecular weight excluding hydrogens is 407 g/mol. The number of hydrogen-bond acceptors (Lipinski definition) is 4. The van der Waals surface area contributed by atoms with Crippen LogP contribution in [0.2, 0.25) is 0 Å². The number of carbonyl (C=O) groups excluding carboxylic acids is 3. The average Bonchev–Trinajstić information content (AvgIpc) is 3.41. The molecule has 6 nitrogen and oxygen atoms in total. The van der Waals surface area contributed by atoms with Gasteiger partial charge in [-0.2, -0.15) is 13.2 Å². The van der Waals surface area contributed by atoms with Crippen molar-refractivity contribution >= 4 is 34.1 Å². The van der Waals surface area contributed by atoms with E-state index in [9.17, 15) is 27.6 Å². The first-order chi connectivity index (χ1) is 13.6. The van der Waals surface area contributed by atoms with Crippen molar-refractivity contribution in [3.63, 3.8) is 0 Å². The zero-order chi connectivity index (χ0) is 20.9. The first-order valence-electron chi connectivity index (χ1n) is 9.69. The van der Waals surface area contributed by atoms with Crippen LogP contribution in [0.25, 0.3) is 0 Å². The predicted octanol–water partition coefficient (Wildman–Crippen LogP) is 2.80. The Balaban J connectivity index is 1.60. The molecule has 2 aliphatic heterocycles. The van der Waals surface area contributed by atoms with Gasteiger partial charge in [-0.3, -0.25) is 14.4 Å². The molecule has 1 aromatic heterocycles. The Morgan fingerprint density at radius 1 is 1.21 bits per heavy atom. The molecule has 1 saturated carbocycles. The van der Waals surface area contributed by atoms with Gasteiger partial charge in [0.1, 0.15) is 11.5 Å². The second-order valence-electron chi connectivity index (χ2n) is 7.97. The summed E-state index contributed by atoms with van der Waals surface area (Å²) in [7, 11) is 1.60. The number of carbonyl (C=O) groups is 3. The van der Waals surface area contributed by atoms with E-state index in [1.807, 2.05) is 0 Å². The number of alkyl halides is 3. The van der Waals surface area contributed by atoms with Gasteiger partial charge in [-0.25, -0.2) is 0 Å². The molecule has 158 valence electrons. The van der Waals surface area contributed by atoms with Crippen LogP contribution in [0, 0.1) is 5.92 Å². The first kappa shape index (κ1) is 20.2. The van der Waals surface area contributed by atoms with E-state index in [0.29, 0.717) is 29.4 Å². The molecule has 0 bridgehead atoms. The molecular formula is C19H22F3N3O3S. The third kappa shape index (κ3) is 4.12. The third-order valence-corrected chi connectivity index (χ3v) is 6.87. The molecule has 0 radical (unpaired) electrons. The largest absolute Gasteiger partial charge is 0.389 e. The molecule has 4 rings (SSSR count). The zero-order valence-electron chi connectivity index (χ0n) is 16.0. The van der Waals surface area contributed by atoms with Crippen LogP contribution in [0.4, 0.5) is 18.2 Å². The molecule has 0 N–H and O–H groups in total. The van der Waals surface area contributed by atoms with Gasteiger partial charge >= 0.3 is 6.18 Å². The van der Waals surface area contributed by atoms with Gasteiger partial charge in [-0.1, -0.05) is 0 Å². The maximum atomic E-state index is 12.9. The highest BCUT2D eigenvalue weighted by Crippen LogP contribution is 2.43. The van der Waals surface area contributed by atoms with Gasteiger partial charge in [-0.05, 0) is 30.7 Å². The Labute approximate surface area is 170 Å². The van der Waals surface area contributed by atoms with Gasteiger partial charge in [0, 0.05) is 31.4 Å². The summed E-state index contributed by atoms with van der Waals surface area (Å²) in [6.45, 7) is 1.08. The van der Waals surface area contributed by atoms with Gasteiger partial charge in [0.25, 0.3) is 5.91 Å². The molecule has 1 aromatic rings. The molecule has 1 fully saturated rings. The SMILES string of the molecule is CN1CC(=O)N(CC2CC2)c2sc3c(c2C1=O)CCN(C(=O)CCC(F)(F)F)C3. The van der Waals surface area contributed by atoms with Gasteiger partial charge < -0.3 is 14.7 Å². The smallest absolute Gasteiger partial charge is 0.337 e. The van der Waals surface area contributed by atoms with Crippen LogP contribution in [0.5, 0.6) is 0 Å². The second-order valence-corrected chi connectivity index (χ2v) is 9.06. The number of anilines is 1. The topological polar surface area (TPSA) is 60.9 Å². The minimum atomic E-state index is -4.36. The summed E-state index contributed by atoms with van der Waals surface area (Å²) >= 11 is 1.32. The number of thiophene rings is 1. The van der Waals surface area contributed by atoms with E-state index in [1.165, 1.54) is 21.1 Å². The van der Waals surface area contributed by atoms with Crippen molar-refractivity contribution in [2.24, 2.45) is 5.92 Å². The third-order valence-electron chi connectivity index (χ3n) is 5.63. The highest BCUT2D eigenvalue weighted by atomic mass is 32.1. The Bertz CT molecular complexity index is 863. The number of fused-ring (bicyclic) bond motifs is 3. The quantitative estimate of drug-likeness (QED) is 0.740. The van der Waals surface area contributed by atoms with Crippen molar-refractivity contribution in [2.45, 2.75) is 44.8 Å². The van der Waals surface area contributed by atoms with Crippen molar-refractivity contribution in [3.8, 4) is 0 Å². The first-order valence-corrected chi connectivity index (χ1v) is 10.5. The van der Waals surface area contributed by atoms with E-state index in [2.05, 4.69) is 0 Å². The molecule has 0 atom stereocenters. The Kier molecular flexibility index (Phi) is 5.08. The molecule has 29 heavy (non-hydrogen) atoms. The molecule has 0 saturated heterocycles. The average molecular weight is 429 g/mol. The van der Waals surface area contributed by atoms with Crippen LogP contribution >= 0.6 is 11.3 Å². The van der Waals surface area contributed by atoms with Crippen LogP contribution < -0.4 is 4.90 Å². The minimum Gasteiger partial charge on any atom is -0.337 e. The van der Waals surface area contributed by atoms with E-state index in [-0.39, 0.29) is 31.4 Å². The van der Waals surface area contributed by atoms with Crippen LogP contribution in [0.15, 0.2) is 0 Å². The van der Waals surface area contributed by atoms with Crippen molar-refractivity contribution < 1.29 is 27.6 Å². The summed E-state index contributed by atoms with van der Waals surface area (Å²) in [6, 6.07) is 0. The highest BCUT2D eigenvalue weighted by Gasteiger charge is 2.39. The molecule has 10 heteroatoms. The van der Waals surface area contributed by atoms with E-state index in [0.717, 1.165) is 23.3 Å². The molecule has 0 unspecified atom stereocenters. The van der Waals surface area contributed by atoms with Crippen molar-refractivity contribution in [1.82, 2.24) is 9.80 Å². The monoisotopic (exact) mass is 429 g/mol. The van der Waals surface area contributed by atoms with Crippen LogP contribution in [0.3, 0.4) is 0 Å². The highest BCUT2D eigenvalue weighted by molar-refractivity contribution is 7.17. The summed E-state index contributed by atoms with van der Waals surface area (Å²) in [4.78, 5) is 43.2. The normalized spacial score (nSPS) is 19.9. The molecule has 0 aromatic carbocycles. The van der Waals surface area contributed by atoms with Gasteiger partial charge in [-0.15, -0.1) is 11.3 Å². The molecule has 3 heterocycles. The lowest BCUT2D eigenvalue weighted by atomic mass is 10.0. The van der Waals surface area contributed by atoms with Gasteiger partial charge in [0.15, 0.2) is 0 Å². The van der Waals surface area contributed by atoms with Gasteiger partial charge in [0.05, 0.1) is 18.5 Å². The fourth-order valence-corrected chi connectivity index (χ4v) is 5.21. The van der Waals surface area contributed by atoms with E-state index < -0.39 is 24.9 Å². The van der Waals surface area contributed by atoms with Crippen LogP contribution in [-0.2, 0) is 22.6 Å². The second kappa shape index (κ2) is 7.30. The lowest BCUT2D eigenvalue weighted by Crippen LogP contribution is -2.39. The van der Waals surface area contributed by atoms with Gasteiger partial charge in [0.2, 0.25) is 11.8 Å². The standard InChI is InChI=1S/C19H22F3N3O3S/c1-23-10-15(27)25(8-11-2-3-11)18-16(17(23)28)12-5-7-24(9-13(12)29-18)14(26)4-6-19(20,21)22/h11H,2-10H2,1H3. The fourth-order valence-electron chi connectivity index (χ4n) is 3.83. The van der Waals surface area contributed by atoms with Crippen LogP contribution in [0.1, 0.15) is 46.5 Å². The minimum absolute atomic E-state index is 0.0315. The summed E-state index contributed by atoms with van der Waals surface area (Å²) < 4.78 is 37.3. The maximum Gasteiger partial charge on any atom is 0.389 e. The Morgan fingerprint density at radius 2 is 1.93 bits per heavy atom. The molecule has 0 spiro atoms. The predicted molar refractivity (Wildman–Crippen MR) is 101 cm³/mol. The lowest BCUT2D eigenvalue weighted by Gasteiger charge is -2.28. The number of rotatable bonds is 4. The van der Waals surface area contributed by atoms with E-state index in [1.54, 1.807) is 11.9 Å². The molecule has 3 amide bonds. The van der Waals surface area contributed by atoms with Crippen molar-refractivity contribution in [3.05, 3.63) is 16.0 Å². The summed E-state index contributed by atoms with van der Waals surface area (Å²) in [5.74, 6) is -0.417. The van der Waals surface area contributed by atoms with E-state index in [4.69, 9.17) is 0 Å². The lowest BCUT2D eigenvalue weighted by molar-refractivity contribution is -0.149. The number of hydrogen-bond donors (Lipinski definition) is 0. The van der Waals surface area contributed by atoms with Crippen molar-refractivity contribution in [1.29, 1.82) is 0 Å². The fraction of sp³-hybridized carbons (Fsp3) is 0.632. The summed E-state index contributed by atoms with van der Waals surface area (Å²) in [5.41, 5.74) is 1.36. The number of amides is 3. The number of likely N-dealkylation sites (N-methyl/N-ethyl adjacent to an activating group) is 1.